The number of amides is 1. The number of benzene rings is 3. The van der Waals surface area contributed by atoms with Crippen LogP contribution in [0.3, 0.4) is 0 Å². The van der Waals surface area contributed by atoms with E-state index in [1.165, 1.54) is 19.1 Å². The average molecular weight is 582 g/mol. The molecule has 1 saturated carbocycles. The Bertz CT molecular complexity index is 1300. The maximum atomic E-state index is 13.2. The van der Waals surface area contributed by atoms with Crippen LogP contribution in [0, 0.1) is 6.92 Å². The molecule has 1 aliphatic carbocycles. The van der Waals surface area contributed by atoms with Crippen LogP contribution in [0.15, 0.2) is 72.8 Å². The second-order valence-electron chi connectivity index (χ2n) is 11.1. The van der Waals surface area contributed by atoms with Crippen LogP contribution >= 0.6 is 0 Å². The molecule has 3 aromatic carbocycles. The zero-order valence-electron chi connectivity index (χ0n) is 23.9. The standard InChI is InChI=1S/C33H38F3N3O3/c1-24-7-8-27(21-31(24)33(34,35)36)37-26-9-13-29(14-10-26)42-23-32(40)39-19-17-38(18-20-39)28-11-15-30(16-12-28)41-22-25-5-3-2-4-6-25/h2-8,11-12,15-16,21,26,29,37H,9-10,13-14,17-20,22-23H2,1H3. The van der Waals surface area contributed by atoms with Gasteiger partial charge in [0, 0.05) is 43.6 Å². The number of carbonyl (C=O) groups excluding carboxylic acids is 1. The summed E-state index contributed by atoms with van der Waals surface area (Å²) in [6, 6.07) is 22.6. The van der Waals surface area contributed by atoms with Gasteiger partial charge in [0.15, 0.2) is 0 Å². The molecule has 0 atom stereocenters. The summed E-state index contributed by atoms with van der Waals surface area (Å²) in [5.41, 5.74) is 2.33. The van der Waals surface area contributed by atoms with Gasteiger partial charge in [-0.1, -0.05) is 36.4 Å². The molecule has 2 fully saturated rings. The van der Waals surface area contributed by atoms with Crippen LogP contribution in [-0.2, 0) is 22.3 Å². The Morgan fingerprint density at radius 3 is 2.26 bits per heavy atom. The fraction of sp³-hybridized carbons (Fsp3) is 0.424. The average Bonchev–Trinajstić information content (AvgIpc) is 3.01. The SMILES string of the molecule is Cc1ccc(NC2CCC(OCC(=O)N3CCN(c4ccc(OCc5ccccc5)cc4)CC3)CC2)cc1C(F)(F)F. The monoisotopic (exact) mass is 581 g/mol. The normalized spacial score (nSPS) is 19.4. The Labute approximate surface area is 245 Å². The lowest BCUT2D eigenvalue weighted by molar-refractivity contribution is -0.139. The van der Waals surface area contributed by atoms with E-state index in [-0.39, 0.29) is 30.2 Å². The van der Waals surface area contributed by atoms with Crippen LogP contribution in [0.4, 0.5) is 24.5 Å². The molecule has 0 bridgehead atoms. The molecule has 3 aromatic rings. The second kappa shape index (κ2) is 13.5. The first-order valence-electron chi connectivity index (χ1n) is 14.6. The number of anilines is 2. The number of alkyl halides is 3. The van der Waals surface area contributed by atoms with Gasteiger partial charge in [-0.25, -0.2) is 0 Å². The molecular formula is C33H38F3N3O3. The van der Waals surface area contributed by atoms with Crippen molar-refractivity contribution in [3.8, 4) is 5.75 Å². The van der Waals surface area contributed by atoms with Crippen LogP contribution in [0.1, 0.15) is 42.4 Å². The molecule has 0 unspecified atom stereocenters. The molecule has 5 rings (SSSR count). The van der Waals surface area contributed by atoms with Crippen molar-refractivity contribution in [3.63, 3.8) is 0 Å². The summed E-state index contributed by atoms with van der Waals surface area (Å²) < 4.78 is 51.6. The largest absolute Gasteiger partial charge is 0.489 e. The summed E-state index contributed by atoms with van der Waals surface area (Å²) in [6.07, 6.45) is -1.29. The van der Waals surface area contributed by atoms with Crippen molar-refractivity contribution in [1.82, 2.24) is 4.90 Å². The van der Waals surface area contributed by atoms with Gasteiger partial charge < -0.3 is 24.6 Å². The summed E-state index contributed by atoms with van der Waals surface area (Å²) in [4.78, 5) is 17.0. The van der Waals surface area contributed by atoms with Crippen molar-refractivity contribution in [3.05, 3.63) is 89.5 Å². The molecule has 2 aliphatic rings. The Balaban J connectivity index is 0.998. The van der Waals surface area contributed by atoms with E-state index in [0.29, 0.717) is 25.4 Å². The van der Waals surface area contributed by atoms with Crippen LogP contribution in [0.2, 0.25) is 0 Å². The minimum atomic E-state index is -4.36. The van der Waals surface area contributed by atoms with Crippen LogP contribution in [-0.4, -0.2) is 55.7 Å². The third-order valence-electron chi connectivity index (χ3n) is 8.11. The number of hydrogen-bond donors (Lipinski definition) is 1. The molecule has 224 valence electrons. The van der Waals surface area contributed by atoms with Gasteiger partial charge in [-0.15, -0.1) is 0 Å². The number of aryl methyl sites for hydroxylation is 1. The van der Waals surface area contributed by atoms with E-state index in [2.05, 4.69) is 22.3 Å². The summed E-state index contributed by atoms with van der Waals surface area (Å²) in [5, 5.41) is 3.25. The zero-order valence-corrected chi connectivity index (χ0v) is 23.9. The van der Waals surface area contributed by atoms with E-state index in [1.807, 2.05) is 47.4 Å². The lowest BCUT2D eigenvalue weighted by Gasteiger charge is -2.36. The van der Waals surface area contributed by atoms with Gasteiger partial charge in [0.25, 0.3) is 0 Å². The number of nitrogens with zero attached hydrogens (tertiary/aromatic N) is 2. The van der Waals surface area contributed by atoms with Gasteiger partial charge in [-0.3, -0.25) is 4.79 Å². The molecular weight excluding hydrogens is 543 g/mol. The van der Waals surface area contributed by atoms with E-state index in [9.17, 15) is 18.0 Å². The van der Waals surface area contributed by atoms with Crippen LogP contribution < -0.4 is 15.0 Å². The highest BCUT2D eigenvalue weighted by Gasteiger charge is 2.33. The molecule has 9 heteroatoms. The number of ether oxygens (including phenoxy) is 2. The summed E-state index contributed by atoms with van der Waals surface area (Å²) in [5.74, 6) is 0.822. The van der Waals surface area contributed by atoms with Gasteiger partial charge >= 0.3 is 6.18 Å². The predicted molar refractivity (Wildman–Crippen MR) is 158 cm³/mol. The third kappa shape index (κ3) is 7.97. The number of carbonyl (C=O) groups is 1. The van der Waals surface area contributed by atoms with E-state index < -0.39 is 11.7 Å². The van der Waals surface area contributed by atoms with Crippen molar-refractivity contribution in [2.75, 3.05) is 43.0 Å². The molecule has 0 aromatic heterocycles. The van der Waals surface area contributed by atoms with Gasteiger partial charge in [-0.05, 0) is 80.1 Å². The molecule has 1 amide bonds. The fourth-order valence-electron chi connectivity index (χ4n) is 5.62. The Morgan fingerprint density at radius 1 is 0.905 bits per heavy atom. The van der Waals surface area contributed by atoms with Crippen molar-refractivity contribution in [1.29, 1.82) is 0 Å². The van der Waals surface area contributed by atoms with Crippen molar-refractivity contribution < 1.29 is 27.4 Å². The minimum absolute atomic E-state index is 0.00102. The maximum Gasteiger partial charge on any atom is 0.416 e. The van der Waals surface area contributed by atoms with E-state index in [0.717, 1.165) is 55.8 Å². The highest BCUT2D eigenvalue weighted by molar-refractivity contribution is 5.77. The summed E-state index contributed by atoms with van der Waals surface area (Å²) in [6.45, 7) is 4.84. The second-order valence-corrected chi connectivity index (χ2v) is 11.1. The lowest BCUT2D eigenvalue weighted by Crippen LogP contribution is -2.50. The lowest BCUT2D eigenvalue weighted by atomic mass is 9.92. The molecule has 0 radical (unpaired) electrons. The van der Waals surface area contributed by atoms with Gasteiger partial charge in [0.2, 0.25) is 5.91 Å². The number of nitrogens with one attached hydrogen (secondary N) is 1. The Hall–Kier alpha value is -3.72. The van der Waals surface area contributed by atoms with Crippen molar-refractivity contribution >= 4 is 17.3 Å². The fourth-order valence-corrected chi connectivity index (χ4v) is 5.62. The topological polar surface area (TPSA) is 54.0 Å². The van der Waals surface area contributed by atoms with Gasteiger partial charge in [0.05, 0.1) is 11.7 Å². The highest BCUT2D eigenvalue weighted by atomic mass is 19.4. The van der Waals surface area contributed by atoms with Gasteiger partial charge in [-0.2, -0.15) is 13.2 Å². The van der Waals surface area contributed by atoms with Crippen LogP contribution in [0.5, 0.6) is 5.75 Å². The third-order valence-corrected chi connectivity index (χ3v) is 8.11. The summed E-state index contributed by atoms with van der Waals surface area (Å²) >= 11 is 0. The van der Waals surface area contributed by atoms with Crippen LogP contribution in [0.25, 0.3) is 0 Å². The van der Waals surface area contributed by atoms with E-state index in [1.54, 1.807) is 6.07 Å². The van der Waals surface area contributed by atoms with Gasteiger partial charge in [0.1, 0.15) is 19.0 Å². The number of halogens is 3. The molecule has 1 aliphatic heterocycles. The number of rotatable bonds is 9. The quantitative estimate of drug-likeness (QED) is 0.306. The van der Waals surface area contributed by atoms with Crippen molar-refractivity contribution in [2.24, 2.45) is 0 Å². The first-order chi connectivity index (χ1) is 20.2. The summed E-state index contributed by atoms with van der Waals surface area (Å²) in [7, 11) is 0. The molecule has 0 spiro atoms. The van der Waals surface area contributed by atoms with Crippen molar-refractivity contribution in [2.45, 2.75) is 57.5 Å². The molecule has 6 nitrogen and oxygen atoms in total. The smallest absolute Gasteiger partial charge is 0.416 e. The number of piperazine rings is 1. The number of hydrogen-bond acceptors (Lipinski definition) is 5. The van der Waals surface area contributed by atoms with E-state index >= 15 is 0 Å². The molecule has 1 saturated heterocycles. The van der Waals surface area contributed by atoms with E-state index in [4.69, 9.17) is 9.47 Å². The minimum Gasteiger partial charge on any atom is -0.489 e. The highest BCUT2D eigenvalue weighted by Crippen LogP contribution is 2.34. The predicted octanol–water partition coefficient (Wildman–Crippen LogP) is 6.68. The Morgan fingerprint density at radius 2 is 1.60 bits per heavy atom. The molecule has 1 heterocycles. The first-order valence-corrected chi connectivity index (χ1v) is 14.6. The zero-order chi connectivity index (χ0) is 29.5. The maximum absolute atomic E-state index is 13.2. The molecule has 1 N–H and O–H groups in total. The first kappa shape index (κ1) is 29.8. The Kier molecular flexibility index (Phi) is 9.57. The molecule has 42 heavy (non-hydrogen) atoms.